The van der Waals surface area contributed by atoms with Crippen molar-refractivity contribution in [3.63, 3.8) is 0 Å². The Morgan fingerprint density at radius 2 is 1.96 bits per heavy atom. The summed E-state index contributed by atoms with van der Waals surface area (Å²) in [4.78, 5) is 16.1. The second kappa shape index (κ2) is 6.85. The van der Waals surface area contributed by atoms with Crippen LogP contribution in [0.5, 0.6) is 0 Å². The van der Waals surface area contributed by atoms with E-state index in [1.54, 1.807) is 6.20 Å². The second-order valence-electron chi connectivity index (χ2n) is 6.11. The summed E-state index contributed by atoms with van der Waals surface area (Å²) in [6.07, 6.45) is 5.53. The topological polar surface area (TPSA) is 99.6 Å². The van der Waals surface area contributed by atoms with Gasteiger partial charge in [-0.15, -0.1) is 0 Å². The summed E-state index contributed by atoms with van der Waals surface area (Å²) < 4.78 is 0. The molecule has 6 heteroatoms. The minimum Gasteiger partial charge on any atom is -0.359 e. The third-order valence-corrected chi connectivity index (χ3v) is 4.54. The molecule has 2 aromatic carbocycles. The number of carbonyl (C=O) groups is 1. The summed E-state index contributed by atoms with van der Waals surface area (Å²) in [5, 5.41) is 10.9. The highest BCUT2D eigenvalue weighted by atomic mass is 16.1. The number of hydrogen-bond donors (Lipinski definition) is 4. The first-order valence-corrected chi connectivity index (χ1v) is 8.43. The van der Waals surface area contributed by atoms with Crippen molar-refractivity contribution in [2.24, 2.45) is 5.73 Å². The van der Waals surface area contributed by atoms with Crippen LogP contribution in [-0.2, 0) is 4.79 Å². The molecular formula is C20H19N5O. The number of nitrogens with zero attached hydrogens (tertiary/aromatic N) is 1. The maximum Gasteiger partial charge on any atom is 0.233 e. The lowest BCUT2D eigenvalue weighted by Crippen LogP contribution is -2.27. The number of nitrogens with two attached hydrogens (primary N) is 1. The third kappa shape index (κ3) is 2.87. The van der Waals surface area contributed by atoms with Crippen molar-refractivity contribution in [2.75, 3.05) is 11.9 Å². The lowest BCUT2D eigenvalue weighted by Gasteiger charge is -2.15. The molecule has 130 valence electrons. The van der Waals surface area contributed by atoms with E-state index < -0.39 is 5.92 Å². The van der Waals surface area contributed by atoms with Crippen molar-refractivity contribution in [1.29, 1.82) is 0 Å². The number of anilines is 1. The first-order valence-electron chi connectivity index (χ1n) is 8.43. The van der Waals surface area contributed by atoms with E-state index in [2.05, 4.69) is 20.5 Å². The molecule has 4 aromatic rings. The predicted octanol–water partition coefficient (Wildman–Crippen LogP) is 3.24. The van der Waals surface area contributed by atoms with E-state index in [1.165, 1.54) is 0 Å². The summed E-state index contributed by atoms with van der Waals surface area (Å²) in [6.45, 7) is 0.247. The molecule has 0 radical (unpaired) electrons. The number of nitrogens with one attached hydrogen (secondary N) is 3. The molecule has 5 N–H and O–H groups in total. The number of fused-ring (bicyclic) bond motifs is 1. The van der Waals surface area contributed by atoms with Gasteiger partial charge in [0.2, 0.25) is 5.91 Å². The van der Waals surface area contributed by atoms with Crippen molar-refractivity contribution in [1.82, 2.24) is 15.2 Å². The number of para-hydroxylation sites is 1. The normalized spacial score (nSPS) is 12.2. The van der Waals surface area contributed by atoms with Crippen molar-refractivity contribution in [3.8, 4) is 11.1 Å². The van der Waals surface area contributed by atoms with E-state index >= 15 is 0 Å². The highest BCUT2D eigenvalue weighted by Crippen LogP contribution is 2.32. The number of hydrogen-bond acceptors (Lipinski definition) is 3. The molecule has 2 heterocycles. The Bertz CT molecular complexity index is 1020. The van der Waals surface area contributed by atoms with E-state index in [4.69, 9.17) is 5.73 Å². The highest BCUT2D eigenvalue weighted by Gasteiger charge is 2.20. The van der Waals surface area contributed by atoms with Gasteiger partial charge in [0.05, 0.1) is 23.3 Å². The predicted molar refractivity (Wildman–Crippen MR) is 103 cm³/mol. The largest absolute Gasteiger partial charge is 0.359 e. The lowest BCUT2D eigenvalue weighted by molar-refractivity contribution is -0.117. The van der Waals surface area contributed by atoms with Crippen LogP contribution >= 0.6 is 0 Å². The summed E-state index contributed by atoms with van der Waals surface area (Å²) in [5.74, 6) is -0.513. The fourth-order valence-electron chi connectivity index (χ4n) is 3.20. The number of carbonyl (C=O) groups excluding carboxylic acids is 1. The zero-order valence-corrected chi connectivity index (χ0v) is 14.1. The molecule has 1 amide bonds. The summed E-state index contributed by atoms with van der Waals surface area (Å²) in [5.41, 5.74) is 10.4. The SMILES string of the molecule is NCC(C(=O)Nc1cccc2c(-c3cn[nH]c3)c[nH]c12)c1ccccc1. The Hall–Kier alpha value is -3.38. The lowest BCUT2D eigenvalue weighted by atomic mass is 9.98. The Balaban J connectivity index is 1.66. The molecule has 0 aliphatic heterocycles. The zero-order valence-electron chi connectivity index (χ0n) is 14.1. The van der Waals surface area contributed by atoms with Crippen LogP contribution in [0.15, 0.2) is 67.1 Å². The van der Waals surface area contributed by atoms with Crippen LogP contribution in [0, 0.1) is 0 Å². The van der Waals surface area contributed by atoms with E-state index in [1.807, 2.05) is 60.9 Å². The summed E-state index contributed by atoms with van der Waals surface area (Å²) in [6, 6.07) is 15.4. The number of aromatic amines is 2. The summed E-state index contributed by atoms with van der Waals surface area (Å²) in [7, 11) is 0. The number of rotatable bonds is 5. The van der Waals surface area contributed by atoms with Crippen LogP contribution in [0.2, 0.25) is 0 Å². The minimum absolute atomic E-state index is 0.120. The Labute approximate surface area is 150 Å². The molecule has 0 aliphatic carbocycles. The molecule has 0 bridgehead atoms. The molecule has 0 aliphatic rings. The fourth-order valence-corrected chi connectivity index (χ4v) is 3.20. The van der Waals surface area contributed by atoms with Crippen LogP contribution in [0.25, 0.3) is 22.0 Å². The van der Waals surface area contributed by atoms with Gasteiger partial charge in [-0.1, -0.05) is 42.5 Å². The average Bonchev–Trinajstić information content (AvgIpc) is 3.33. The molecule has 1 atom stereocenters. The molecule has 1 unspecified atom stereocenters. The van der Waals surface area contributed by atoms with E-state index in [0.29, 0.717) is 0 Å². The first kappa shape index (κ1) is 16.1. The first-order chi connectivity index (χ1) is 12.8. The van der Waals surface area contributed by atoms with Gasteiger partial charge in [-0.2, -0.15) is 5.10 Å². The van der Waals surface area contributed by atoms with Gasteiger partial charge in [0, 0.05) is 35.5 Å². The van der Waals surface area contributed by atoms with Crippen LogP contribution in [0.3, 0.4) is 0 Å². The highest BCUT2D eigenvalue weighted by molar-refractivity contribution is 6.07. The van der Waals surface area contributed by atoms with Gasteiger partial charge in [-0.25, -0.2) is 0 Å². The molecule has 6 nitrogen and oxygen atoms in total. The van der Waals surface area contributed by atoms with Crippen LogP contribution < -0.4 is 11.1 Å². The minimum atomic E-state index is -0.394. The van der Waals surface area contributed by atoms with Crippen LogP contribution in [-0.4, -0.2) is 27.6 Å². The maximum absolute atomic E-state index is 12.8. The van der Waals surface area contributed by atoms with Gasteiger partial charge in [-0.05, 0) is 11.6 Å². The number of H-pyrrole nitrogens is 2. The standard InChI is InChI=1S/C20H19N5O/c21-9-16(13-5-2-1-3-6-13)20(26)25-18-8-4-7-15-17(12-22-19(15)18)14-10-23-24-11-14/h1-8,10-12,16,22H,9,21H2,(H,23,24)(H,25,26). The summed E-state index contributed by atoms with van der Waals surface area (Å²) >= 11 is 0. The van der Waals surface area contributed by atoms with Crippen molar-refractivity contribution in [2.45, 2.75) is 5.92 Å². The molecule has 0 saturated heterocycles. The van der Waals surface area contributed by atoms with Crippen LogP contribution in [0.4, 0.5) is 5.69 Å². The number of amides is 1. The van der Waals surface area contributed by atoms with E-state index in [0.717, 1.165) is 33.3 Å². The zero-order chi connectivity index (χ0) is 17.9. The third-order valence-electron chi connectivity index (χ3n) is 4.54. The second-order valence-corrected chi connectivity index (χ2v) is 6.11. The Morgan fingerprint density at radius 3 is 2.69 bits per heavy atom. The molecule has 0 fully saturated rings. The van der Waals surface area contributed by atoms with Gasteiger partial charge in [-0.3, -0.25) is 9.89 Å². The van der Waals surface area contributed by atoms with Gasteiger partial charge < -0.3 is 16.0 Å². The van der Waals surface area contributed by atoms with Crippen LogP contribution in [0.1, 0.15) is 11.5 Å². The Morgan fingerprint density at radius 1 is 1.12 bits per heavy atom. The van der Waals surface area contributed by atoms with Gasteiger partial charge in [0.1, 0.15) is 0 Å². The van der Waals surface area contributed by atoms with Gasteiger partial charge in [0.25, 0.3) is 0 Å². The quantitative estimate of drug-likeness (QED) is 0.447. The molecule has 0 saturated carbocycles. The average molecular weight is 345 g/mol. The van der Waals surface area contributed by atoms with Crippen molar-refractivity contribution < 1.29 is 4.79 Å². The number of benzene rings is 2. The maximum atomic E-state index is 12.8. The Kier molecular flexibility index (Phi) is 4.25. The molecule has 2 aromatic heterocycles. The van der Waals surface area contributed by atoms with E-state index in [9.17, 15) is 4.79 Å². The fraction of sp³-hybridized carbons (Fsp3) is 0.100. The molecule has 0 spiro atoms. The molecule has 4 rings (SSSR count). The van der Waals surface area contributed by atoms with Crippen molar-refractivity contribution >= 4 is 22.5 Å². The van der Waals surface area contributed by atoms with Gasteiger partial charge in [0.15, 0.2) is 0 Å². The van der Waals surface area contributed by atoms with Crippen molar-refractivity contribution in [3.05, 3.63) is 72.7 Å². The number of aromatic nitrogens is 3. The van der Waals surface area contributed by atoms with E-state index in [-0.39, 0.29) is 12.5 Å². The molecule has 26 heavy (non-hydrogen) atoms. The monoisotopic (exact) mass is 345 g/mol. The molecular weight excluding hydrogens is 326 g/mol. The smallest absolute Gasteiger partial charge is 0.233 e. The van der Waals surface area contributed by atoms with Gasteiger partial charge >= 0.3 is 0 Å².